The maximum Gasteiger partial charge on any atom is 0.0368 e. The van der Waals surface area contributed by atoms with E-state index in [4.69, 9.17) is 0 Å². The standard InChI is InChI=1S/C12H18N/c1-4-11(3)13(5-2)12-9-7-6-8-10-12/h6-11H,2,4-5H2,1,3H3. The van der Waals surface area contributed by atoms with Crippen LogP contribution in [0.25, 0.3) is 0 Å². The molecule has 0 aliphatic rings. The van der Waals surface area contributed by atoms with Crippen molar-refractivity contribution in [2.24, 2.45) is 0 Å². The van der Waals surface area contributed by atoms with Crippen LogP contribution in [0, 0.1) is 6.92 Å². The normalized spacial score (nSPS) is 12.5. The molecule has 0 heterocycles. The summed E-state index contributed by atoms with van der Waals surface area (Å²) < 4.78 is 0. The third-order valence-electron chi connectivity index (χ3n) is 2.45. The van der Waals surface area contributed by atoms with Crippen molar-refractivity contribution >= 4 is 5.69 Å². The Kier molecular flexibility index (Phi) is 3.81. The molecule has 0 saturated carbocycles. The first-order valence-corrected chi connectivity index (χ1v) is 4.90. The summed E-state index contributed by atoms with van der Waals surface area (Å²) in [5.74, 6) is 0. The number of para-hydroxylation sites is 1. The van der Waals surface area contributed by atoms with Crippen molar-refractivity contribution in [3.63, 3.8) is 0 Å². The number of benzene rings is 1. The molecule has 0 aromatic heterocycles. The van der Waals surface area contributed by atoms with E-state index in [2.05, 4.69) is 49.9 Å². The van der Waals surface area contributed by atoms with Crippen LogP contribution < -0.4 is 4.90 Å². The second-order valence-electron chi connectivity index (χ2n) is 3.29. The first-order valence-electron chi connectivity index (χ1n) is 4.90. The Bertz CT molecular complexity index is 230. The van der Waals surface area contributed by atoms with Crippen LogP contribution in [0.1, 0.15) is 20.3 Å². The molecule has 1 rings (SSSR count). The van der Waals surface area contributed by atoms with E-state index >= 15 is 0 Å². The lowest BCUT2D eigenvalue weighted by Crippen LogP contribution is -2.32. The predicted molar refractivity (Wildman–Crippen MR) is 58.9 cm³/mol. The lowest BCUT2D eigenvalue weighted by Gasteiger charge is -2.29. The van der Waals surface area contributed by atoms with Gasteiger partial charge in [-0.15, -0.1) is 0 Å². The molecule has 0 aliphatic heterocycles. The fourth-order valence-electron chi connectivity index (χ4n) is 1.44. The molecule has 1 heteroatoms. The smallest absolute Gasteiger partial charge is 0.0368 e. The molecule has 1 atom stereocenters. The van der Waals surface area contributed by atoms with Gasteiger partial charge in [0.05, 0.1) is 0 Å². The first-order chi connectivity index (χ1) is 6.29. The molecule has 71 valence electrons. The minimum absolute atomic E-state index is 0.569. The van der Waals surface area contributed by atoms with Crippen LogP contribution in [0.15, 0.2) is 30.3 Å². The molecule has 1 unspecified atom stereocenters. The largest absolute Gasteiger partial charge is 0.369 e. The number of hydrogen-bond acceptors (Lipinski definition) is 1. The second kappa shape index (κ2) is 4.90. The van der Waals surface area contributed by atoms with Crippen molar-refractivity contribution in [3.8, 4) is 0 Å². The Morgan fingerprint density at radius 1 is 1.31 bits per heavy atom. The summed E-state index contributed by atoms with van der Waals surface area (Å²) in [6.45, 7) is 9.23. The zero-order valence-corrected chi connectivity index (χ0v) is 8.53. The molecule has 1 radical (unpaired) electrons. The highest BCUT2D eigenvalue weighted by Gasteiger charge is 2.09. The van der Waals surface area contributed by atoms with Crippen molar-refractivity contribution in [1.29, 1.82) is 0 Å². The quantitative estimate of drug-likeness (QED) is 0.681. The van der Waals surface area contributed by atoms with Gasteiger partial charge in [0.1, 0.15) is 0 Å². The Hall–Kier alpha value is -0.980. The zero-order valence-electron chi connectivity index (χ0n) is 8.53. The van der Waals surface area contributed by atoms with Crippen molar-refractivity contribution in [2.75, 3.05) is 11.4 Å². The second-order valence-corrected chi connectivity index (χ2v) is 3.29. The van der Waals surface area contributed by atoms with Crippen LogP contribution in [0.2, 0.25) is 0 Å². The molecule has 0 N–H and O–H groups in total. The summed E-state index contributed by atoms with van der Waals surface area (Å²) in [6, 6.07) is 11.0. The molecule has 0 amide bonds. The first kappa shape index (κ1) is 10.1. The summed E-state index contributed by atoms with van der Waals surface area (Å²) in [5.41, 5.74) is 1.27. The molecule has 13 heavy (non-hydrogen) atoms. The van der Waals surface area contributed by atoms with E-state index in [-0.39, 0.29) is 0 Å². The van der Waals surface area contributed by atoms with Crippen LogP contribution in [0.5, 0.6) is 0 Å². The fraction of sp³-hybridized carbons (Fsp3) is 0.417. The van der Waals surface area contributed by atoms with Gasteiger partial charge in [0, 0.05) is 18.3 Å². The number of anilines is 1. The average molecular weight is 176 g/mol. The molecule has 0 fully saturated rings. The van der Waals surface area contributed by atoms with Gasteiger partial charge in [0.15, 0.2) is 0 Å². The number of nitrogens with zero attached hydrogens (tertiary/aromatic N) is 1. The van der Waals surface area contributed by atoms with E-state index in [0.717, 1.165) is 13.0 Å². The highest BCUT2D eigenvalue weighted by molar-refractivity contribution is 5.46. The Balaban J connectivity index is 2.78. The Labute approximate surface area is 81.4 Å². The lowest BCUT2D eigenvalue weighted by atomic mass is 10.2. The van der Waals surface area contributed by atoms with Gasteiger partial charge in [0.25, 0.3) is 0 Å². The molecular weight excluding hydrogens is 158 g/mol. The molecular formula is C12H18N. The SMILES string of the molecule is [CH2]CN(c1ccccc1)C(C)CC. The predicted octanol–water partition coefficient (Wildman–Crippen LogP) is 3.13. The minimum atomic E-state index is 0.569. The van der Waals surface area contributed by atoms with E-state index in [1.54, 1.807) is 0 Å². The Morgan fingerprint density at radius 2 is 1.92 bits per heavy atom. The molecule has 1 nitrogen and oxygen atoms in total. The van der Waals surface area contributed by atoms with Crippen LogP contribution in [-0.2, 0) is 0 Å². The van der Waals surface area contributed by atoms with Crippen molar-refractivity contribution in [1.82, 2.24) is 0 Å². The van der Waals surface area contributed by atoms with E-state index in [1.165, 1.54) is 5.69 Å². The number of rotatable bonds is 4. The van der Waals surface area contributed by atoms with E-state index < -0.39 is 0 Å². The van der Waals surface area contributed by atoms with Crippen LogP contribution in [0.4, 0.5) is 5.69 Å². The van der Waals surface area contributed by atoms with Crippen LogP contribution >= 0.6 is 0 Å². The summed E-state index contributed by atoms with van der Waals surface area (Å²) in [5, 5.41) is 0. The third-order valence-corrected chi connectivity index (χ3v) is 2.45. The van der Waals surface area contributed by atoms with E-state index in [9.17, 15) is 0 Å². The highest BCUT2D eigenvalue weighted by Crippen LogP contribution is 2.16. The summed E-state index contributed by atoms with van der Waals surface area (Å²) >= 11 is 0. The van der Waals surface area contributed by atoms with Crippen molar-refractivity contribution < 1.29 is 0 Å². The van der Waals surface area contributed by atoms with Crippen molar-refractivity contribution in [3.05, 3.63) is 37.3 Å². The van der Waals surface area contributed by atoms with E-state index in [1.807, 2.05) is 6.07 Å². The summed E-state index contributed by atoms with van der Waals surface area (Å²) in [4.78, 5) is 2.32. The van der Waals surface area contributed by atoms with Gasteiger partial charge in [-0.2, -0.15) is 0 Å². The minimum Gasteiger partial charge on any atom is -0.369 e. The van der Waals surface area contributed by atoms with Gasteiger partial charge in [-0.1, -0.05) is 25.1 Å². The van der Waals surface area contributed by atoms with Gasteiger partial charge >= 0.3 is 0 Å². The average Bonchev–Trinajstić information content (AvgIpc) is 2.20. The summed E-state index contributed by atoms with van der Waals surface area (Å²) in [7, 11) is 0. The molecule has 0 saturated heterocycles. The molecule has 1 aromatic rings. The topological polar surface area (TPSA) is 3.24 Å². The molecule has 1 aromatic carbocycles. The van der Waals surface area contributed by atoms with Crippen LogP contribution in [-0.4, -0.2) is 12.6 Å². The summed E-state index contributed by atoms with van der Waals surface area (Å²) in [6.07, 6.45) is 1.16. The van der Waals surface area contributed by atoms with E-state index in [0.29, 0.717) is 6.04 Å². The Morgan fingerprint density at radius 3 is 2.38 bits per heavy atom. The lowest BCUT2D eigenvalue weighted by molar-refractivity contribution is 0.642. The maximum absolute atomic E-state index is 3.96. The maximum atomic E-state index is 3.96. The van der Waals surface area contributed by atoms with Gasteiger partial charge in [-0.3, -0.25) is 0 Å². The fourth-order valence-corrected chi connectivity index (χ4v) is 1.44. The van der Waals surface area contributed by atoms with Crippen molar-refractivity contribution in [2.45, 2.75) is 26.3 Å². The van der Waals surface area contributed by atoms with Gasteiger partial charge in [0.2, 0.25) is 0 Å². The molecule has 0 bridgehead atoms. The molecule has 0 spiro atoms. The highest BCUT2D eigenvalue weighted by atomic mass is 15.1. The monoisotopic (exact) mass is 176 g/mol. The van der Waals surface area contributed by atoms with Gasteiger partial charge in [-0.25, -0.2) is 0 Å². The van der Waals surface area contributed by atoms with Gasteiger partial charge < -0.3 is 4.90 Å². The third kappa shape index (κ3) is 2.48. The number of hydrogen-bond donors (Lipinski definition) is 0. The zero-order chi connectivity index (χ0) is 9.68. The van der Waals surface area contributed by atoms with Crippen LogP contribution in [0.3, 0.4) is 0 Å². The molecule has 0 aliphatic carbocycles. The van der Waals surface area contributed by atoms with Gasteiger partial charge in [-0.05, 0) is 32.4 Å².